The van der Waals surface area contributed by atoms with Crippen molar-refractivity contribution in [3.8, 4) is 16.9 Å². The lowest BCUT2D eigenvalue weighted by Crippen LogP contribution is -2.58. The summed E-state index contributed by atoms with van der Waals surface area (Å²) < 4.78 is 5.49. The molecule has 3 aromatic carbocycles. The van der Waals surface area contributed by atoms with Crippen LogP contribution in [0.4, 0.5) is 0 Å². The summed E-state index contributed by atoms with van der Waals surface area (Å²) in [7, 11) is 3.28. The Morgan fingerprint density at radius 2 is 1.52 bits per heavy atom. The summed E-state index contributed by atoms with van der Waals surface area (Å²) in [4.78, 5) is 56.6. The van der Waals surface area contributed by atoms with Gasteiger partial charge in [-0.2, -0.15) is 0 Å². The highest BCUT2D eigenvalue weighted by Crippen LogP contribution is 2.24. The molecule has 1 aliphatic heterocycles. The Hall–Kier alpha value is -4.96. The molecule has 0 fully saturated rings. The molecule has 0 unspecified atom stereocenters. The Labute approximate surface area is 283 Å². The number of benzene rings is 3. The Kier molecular flexibility index (Phi) is 12.1. The molecule has 48 heavy (non-hydrogen) atoms. The summed E-state index contributed by atoms with van der Waals surface area (Å²) in [5, 5.41) is 8.37. The molecule has 1 heterocycles. The fourth-order valence-electron chi connectivity index (χ4n) is 5.53. The number of nitrogens with one attached hydrogen (secondary N) is 3. The molecular formula is C38H47N5O5. The number of para-hydroxylation sites is 1. The molecule has 254 valence electrons. The van der Waals surface area contributed by atoms with Gasteiger partial charge in [-0.05, 0) is 54.1 Å². The van der Waals surface area contributed by atoms with Crippen LogP contribution in [-0.2, 0) is 32.0 Å². The molecule has 0 radical (unpaired) electrons. The Morgan fingerprint density at radius 1 is 0.875 bits per heavy atom. The zero-order valence-electron chi connectivity index (χ0n) is 28.7. The van der Waals surface area contributed by atoms with Gasteiger partial charge in [-0.15, -0.1) is 0 Å². The number of amides is 4. The van der Waals surface area contributed by atoms with Crippen LogP contribution in [0.3, 0.4) is 0 Å². The maximum atomic E-state index is 14.0. The lowest BCUT2D eigenvalue weighted by Gasteiger charge is -2.36. The van der Waals surface area contributed by atoms with Gasteiger partial charge in [0, 0.05) is 25.4 Å². The Morgan fingerprint density at radius 3 is 2.17 bits per heavy atom. The molecule has 1 aliphatic rings. The minimum atomic E-state index is -0.878. The summed E-state index contributed by atoms with van der Waals surface area (Å²) in [5.74, 6) is -0.717. The summed E-state index contributed by atoms with van der Waals surface area (Å²) in [5.41, 5.74) is 3.38. The second-order valence-electron chi connectivity index (χ2n) is 13.0. The molecule has 4 rings (SSSR count). The van der Waals surface area contributed by atoms with Gasteiger partial charge in [-0.25, -0.2) is 0 Å². The number of methoxy groups -OCH3 is 1. The first-order valence-electron chi connectivity index (χ1n) is 16.2. The zero-order valence-corrected chi connectivity index (χ0v) is 28.7. The van der Waals surface area contributed by atoms with Crippen LogP contribution in [-0.4, -0.2) is 78.8 Å². The smallest absolute Gasteiger partial charge is 0.250 e. The van der Waals surface area contributed by atoms with Crippen molar-refractivity contribution in [2.75, 3.05) is 27.2 Å². The molecule has 0 aliphatic carbocycles. The molecule has 0 bridgehead atoms. The van der Waals surface area contributed by atoms with E-state index in [0.717, 1.165) is 28.0 Å². The first-order valence-corrected chi connectivity index (χ1v) is 16.2. The maximum Gasteiger partial charge on any atom is 0.250 e. The maximum absolute atomic E-state index is 14.0. The number of hydrogen-bond acceptors (Lipinski definition) is 6. The summed E-state index contributed by atoms with van der Waals surface area (Å²) in [6.45, 7) is 7.28. The molecule has 3 aromatic rings. The van der Waals surface area contributed by atoms with E-state index in [0.29, 0.717) is 13.0 Å². The van der Waals surface area contributed by atoms with Gasteiger partial charge in [0.1, 0.15) is 17.8 Å². The standard InChI is InChI=1S/C38H47N5O5/c1-26(39-5)35(45)41-34(38(2,3)4)36(46)40-25-33(44)43-23-22-42(21-20-30-14-10-11-15-32(30)48-6)37(47)31(43)24-27-16-18-29(19-17-27)28-12-8-7-9-13-28/h7-19,22-23,26,31,34,39H,20-21,24-25H2,1-6H3,(H,40,46)(H,41,45)/t26-,31-,34+/m0/s1. The van der Waals surface area contributed by atoms with E-state index in [4.69, 9.17) is 4.74 Å². The number of likely N-dealkylation sites (N-methyl/N-ethyl adjacent to an activating group) is 1. The average Bonchev–Trinajstić information content (AvgIpc) is 3.09. The van der Waals surface area contributed by atoms with Crippen LogP contribution in [0.25, 0.3) is 11.1 Å². The molecule has 10 heteroatoms. The topological polar surface area (TPSA) is 120 Å². The number of ether oxygens (including phenoxy) is 1. The van der Waals surface area contributed by atoms with Gasteiger partial charge in [0.15, 0.2) is 0 Å². The third-order valence-corrected chi connectivity index (χ3v) is 8.56. The number of hydrogen-bond donors (Lipinski definition) is 3. The van der Waals surface area contributed by atoms with Gasteiger partial charge in [0.05, 0.1) is 19.7 Å². The van der Waals surface area contributed by atoms with E-state index < -0.39 is 35.4 Å². The highest BCUT2D eigenvalue weighted by Gasteiger charge is 2.37. The van der Waals surface area contributed by atoms with Crippen LogP contribution < -0.4 is 20.7 Å². The van der Waals surface area contributed by atoms with Crippen LogP contribution in [0.2, 0.25) is 0 Å². The molecule has 0 saturated carbocycles. The van der Waals surface area contributed by atoms with Gasteiger partial charge in [-0.3, -0.25) is 19.2 Å². The van der Waals surface area contributed by atoms with E-state index in [9.17, 15) is 19.2 Å². The van der Waals surface area contributed by atoms with E-state index in [1.54, 1.807) is 38.4 Å². The van der Waals surface area contributed by atoms with E-state index in [1.807, 2.05) is 99.6 Å². The van der Waals surface area contributed by atoms with Crippen molar-refractivity contribution >= 4 is 23.6 Å². The number of carbonyl (C=O) groups is 4. The summed E-state index contributed by atoms with van der Waals surface area (Å²) in [6, 6.07) is 23.5. The van der Waals surface area contributed by atoms with E-state index >= 15 is 0 Å². The largest absolute Gasteiger partial charge is 0.496 e. The minimum absolute atomic E-state index is 0.222. The normalized spacial score (nSPS) is 15.9. The Bertz CT molecular complexity index is 1600. The van der Waals surface area contributed by atoms with Gasteiger partial charge in [-0.1, -0.05) is 93.6 Å². The van der Waals surface area contributed by atoms with Crippen molar-refractivity contribution in [3.05, 3.63) is 102 Å². The van der Waals surface area contributed by atoms with Crippen molar-refractivity contribution < 1.29 is 23.9 Å². The van der Waals surface area contributed by atoms with Gasteiger partial charge in [0.25, 0.3) is 0 Å². The van der Waals surface area contributed by atoms with Crippen molar-refractivity contribution in [1.82, 2.24) is 25.8 Å². The minimum Gasteiger partial charge on any atom is -0.496 e. The number of nitrogens with zero attached hydrogens (tertiary/aromatic N) is 2. The van der Waals surface area contributed by atoms with E-state index in [-0.39, 0.29) is 24.8 Å². The van der Waals surface area contributed by atoms with Crippen molar-refractivity contribution in [2.24, 2.45) is 5.41 Å². The summed E-state index contributed by atoms with van der Waals surface area (Å²) >= 11 is 0. The molecule has 0 spiro atoms. The van der Waals surface area contributed by atoms with Crippen LogP contribution in [0.5, 0.6) is 5.75 Å². The highest BCUT2D eigenvalue weighted by molar-refractivity contribution is 5.94. The molecule has 0 aromatic heterocycles. The first kappa shape index (κ1) is 35.9. The molecule has 10 nitrogen and oxygen atoms in total. The summed E-state index contributed by atoms with van der Waals surface area (Å²) in [6.07, 6.45) is 4.07. The van der Waals surface area contributed by atoms with Crippen LogP contribution >= 0.6 is 0 Å². The van der Waals surface area contributed by atoms with Gasteiger partial charge < -0.3 is 30.5 Å². The van der Waals surface area contributed by atoms with Crippen molar-refractivity contribution in [2.45, 2.75) is 58.7 Å². The highest BCUT2D eigenvalue weighted by atomic mass is 16.5. The fourth-order valence-corrected chi connectivity index (χ4v) is 5.53. The monoisotopic (exact) mass is 653 g/mol. The van der Waals surface area contributed by atoms with Crippen molar-refractivity contribution in [1.29, 1.82) is 0 Å². The van der Waals surface area contributed by atoms with Crippen LogP contribution in [0.1, 0.15) is 38.8 Å². The Balaban J connectivity index is 1.53. The SMILES string of the molecule is CN[C@@H](C)C(=O)N[C@H](C(=O)NCC(=O)N1C=CN(CCc2ccccc2OC)C(=O)[C@@H]1Cc1ccc(-c2ccccc2)cc1)C(C)(C)C. The fraction of sp³-hybridized carbons (Fsp3) is 0.368. The third-order valence-electron chi connectivity index (χ3n) is 8.56. The molecule has 4 amide bonds. The quantitative estimate of drug-likeness (QED) is 0.258. The average molecular weight is 654 g/mol. The third kappa shape index (κ3) is 9.10. The number of rotatable bonds is 13. The van der Waals surface area contributed by atoms with Crippen molar-refractivity contribution in [3.63, 3.8) is 0 Å². The first-order chi connectivity index (χ1) is 22.9. The molecule has 3 atom stereocenters. The van der Waals surface area contributed by atoms with E-state index in [2.05, 4.69) is 16.0 Å². The lowest BCUT2D eigenvalue weighted by molar-refractivity contribution is -0.143. The zero-order chi connectivity index (χ0) is 34.8. The van der Waals surface area contributed by atoms with Gasteiger partial charge in [0.2, 0.25) is 23.6 Å². The second kappa shape index (κ2) is 16.2. The van der Waals surface area contributed by atoms with Gasteiger partial charge >= 0.3 is 0 Å². The van der Waals surface area contributed by atoms with E-state index in [1.165, 1.54) is 4.90 Å². The second-order valence-corrected chi connectivity index (χ2v) is 13.0. The molecule has 0 saturated heterocycles. The van der Waals surface area contributed by atoms with Crippen LogP contribution in [0, 0.1) is 5.41 Å². The molecular weight excluding hydrogens is 606 g/mol. The lowest BCUT2D eigenvalue weighted by atomic mass is 9.86. The number of carbonyl (C=O) groups excluding carboxylic acids is 4. The molecule has 3 N–H and O–H groups in total. The van der Waals surface area contributed by atoms with Crippen LogP contribution in [0.15, 0.2) is 91.3 Å². The predicted octanol–water partition coefficient (Wildman–Crippen LogP) is 3.91. The predicted molar refractivity (Wildman–Crippen MR) is 187 cm³/mol.